The Morgan fingerprint density at radius 2 is 1.93 bits per heavy atom. The van der Waals surface area contributed by atoms with E-state index in [0.29, 0.717) is 12.0 Å². The van der Waals surface area contributed by atoms with E-state index in [9.17, 15) is 5.11 Å². The third-order valence-electron chi connectivity index (χ3n) is 2.71. The molecule has 3 atom stereocenters. The first kappa shape index (κ1) is 14.2. The summed E-state index contributed by atoms with van der Waals surface area (Å²) in [5.74, 6) is 0.608. The molecule has 0 aliphatic carbocycles. The summed E-state index contributed by atoms with van der Waals surface area (Å²) in [4.78, 5) is 0. The second-order valence-electron chi connectivity index (χ2n) is 5.18. The first-order valence-electron chi connectivity index (χ1n) is 5.06. The van der Waals surface area contributed by atoms with Crippen LogP contribution >= 0.6 is 12.4 Å². The Hall–Kier alpha value is 0.170. The van der Waals surface area contributed by atoms with Crippen molar-refractivity contribution in [1.82, 2.24) is 10.6 Å². The van der Waals surface area contributed by atoms with Crippen LogP contribution in [0.2, 0.25) is 0 Å². The van der Waals surface area contributed by atoms with Crippen molar-refractivity contribution in [3.05, 3.63) is 0 Å². The van der Waals surface area contributed by atoms with Gasteiger partial charge in [0.15, 0.2) is 0 Å². The van der Waals surface area contributed by atoms with Crippen molar-refractivity contribution in [2.24, 2.45) is 11.3 Å². The van der Waals surface area contributed by atoms with Gasteiger partial charge in [0, 0.05) is 18.0 Å². The Morgan fingerprint density at radius 1 is 1.36 bits per heavy atom. The lowest BCUT2D eigenvalue weighted by Crippen LogP contribution is -2.48. The smallest absolute Gasteiger partial charge is 0.110 e. The molecule has 3 N–H and O–H groups in total. The van der Waals surface area contributed by atoms with Crippen molar-refractivity contribution in [2.75, 3.05) is 13.1 Å². The summed E-state index contributed by atoms with van der Waals surface area (Å²) in [6.07, 6.45) is -0.417. The topological polar surface area (TPSA) is 44.3 Å². The molecule has 0 aromatic rings. The van der Waals surface area contributed by atoms with Crippen LogP contribution in [0.3, 0.4) is 0 Å². The molecule has 1 heterocycles. The van der Waals surface area contributed by atoms with E-state index < -0.39 is 6.23 Å². The third-order valence-corrected chi connectivity index (χ3v) is 2.71. The fourth-order valence-corrected chi connectivity index (χ4v) is 1.49. The molecule has 14 heavy (non-hydrogen) atoms. The van der Waals surface area contributed by atoms with Gasteiger partial charge in [0.2, 0.25) is 0 Å². The SMILES string of the molecule is CC1CNCC1NC(O)C(C)(C)C.Cl. The molecule has 3 nitrogen and oxygen atoms in total. The van der Waals surface area contributed by atoms with Crippen LogP contribution in [0.4, 0.5) is 0 Å². The average Bonchev–Trinajstić information content (AvgIpc) is 2.34. The number of rotatable bonds is 2. The van der Waals surface area contributed by atoms with Crippen molar-refractivity contribution < 1.29 is 5.11 Å². The van der Waals surface area contributed by atoms with Gasteiger partial charge in [0.1, 0.15) is 6.23 Å². The maximum atomic E-state index is 9.82. The summed E-state index contributed by atoms with van der Waals surface area (Å²) >= 11 is 0. The van der Waals surface area contributed by atoms with E-state index in [1.165, 1.54) is 0 Å². The molecule has 1 saturated heterocycles. The minimum absolute atomic E-state index is 0. The number of halogens is 1. The van der Waals surface area contributed by atoms with Crippen molar-refractivity contribution in [1.29, 1.82) is 0 Å². The van der Waals surface area contributed by atoms with Crippen LogP contribution in [-0.2, 0) is 0 Å². The molecular formula is C10H23ClN2O. The van der Waals surface area contributed by atoms with E-state index in [0.717, 1.165) is 13.1 Å². The zero-order chi connectivity index (χ0) is 10.1. The highest BCUT2D eigenvalue weighted by Gasteiger charge is 2.29. The predicted molar refractivity (Wildman–Crippen MR) is 61.7 cm³/mol. The average molecular weight is 223 g/mol. The van der Waals surface area contributed by atoms with Gasteiger partial charge in [-0.15, -0.1) is 12.4 Å². The Labute approximate surface area is 93.1 Å². The molecule has 0 aromatic heterocycles. The molecule has 1 rings (SSSR count). The van der Waals surface area contributed by atoms with E-state index in [2.05, 4.69) is 17.6 Å². The first-order chi connectivity index (χ1) is 5.91. The number of aliphatic hydroxyl groups is 1. The van der Waals surface area contributed by atoms with Crippen LogP contribution < -0.4 is 10.6 Å². The van der Waals surface area contributed by atoms with Crippen LogP contribution in [0, 0.1) is 11.3 Å². The third kappa shape index (κ3) is 3.73. The summed E-state index contributed by atoms with van der Waals surface area (Å²) in [7, 11) is 0. The van der Waals surface area contributed by atoms with Crippen LogP contribution in [0.5, 0.6) is 0 Å². The second-order valence-corrected chi connectivity index (χ2v) is 5.18. The minimum atomic E-state index is -0.417. The predicted octanol–water partition coefficient (Wildman–Crippen LogP) is 0.970. The highest BCUT2D eigenvalue weighted by atomic mass is 35.5. The summed E-state index contributed by atoms with van der Waals surface area (Å²) in [5.41, 5.74) is -0.0810. The molecule has 3 unspecified atom stereocenters. The van der Waals surface area contributed by atoms with Crippen LogP contribution in [0.25, 0.3) is 0 Å². The molecule has 0 saturated carbocycles. The highest BCUT2D eigenvalue weighted by molar-refractivity contribution is 5.85. The van der Waals surface area contributed by atoms with Gasteiger partial charge >= 0.3 is 0 Å². The molecule has 86 valence electrons. The largest absolute Gasteiger partial charge is 0.378 e. The fourth-order valence-electron chi connectivity index (χ4n) is 1.49. The van der Waals surface area contributed by atoms with Gasteiger partial charge in [-0.2, -0.15) is 0 Å². The molecule has 1 aliphatic heterocycles. The highest BCUT2D eigenvalue weighted by Crippen LogP contribution is 2.19. The van der Waals surface area contributed by atoms with Crippen molar-refractivity contribution in [3.8, 4) is 0 Å². The van der Waals surface area contributed by atoms with Gasteiger partial charge in [0.05, 0.1) is 0 Å². The lowest BCUT2D eigenvalue weighted by atomic mass is 9.93. The minimum Gasteiger partial charge on any atom is -0.378 e. The molecule has 0 aromatic carbocycles. The second kappa shape index (κ2) is 5.31. The Balaban J connectivity index is 0.00000169. The zero-order valence-corrected chi connectivity index (χ0v) is 10.3. The van der Waals surface area contributed by atoms with Crippen LogP contribution in [-0.4, -0.2) is 30.5 Å². The number of nitrogens with one attached hydrogen (secondary N) is 2. The van der Waals surface area contributed by atoms with Crippen LogP contribution in [0.1, 0.15) is 27.7 Å². The normalized spacial score (nSPS) is 29.8. The van der Waals surface area contributed by atoms with E-state index in [1.807, 2.05) is 20.8 Å². The monoisotopic (exact) mass is 222 g/mol. The Kier molecular flexibility index (Phi) is 5.37. The lowest BCUT2D eigenvalue weighted by molar-refractivity contribution is 0.0211. The van der Waals surface area contributed by atoms with Crippen LogP contribution in [0.15, 0.2) is 0 Å². The quantitative estimate of drug-likeness (QED) is 0.611. The maximum absolute atomic E-state index is 9.82. The zero-order valence-electron chi connectivity index (χ0n) is 9.50. The summed E-state index contributed by atoms with van der Waals surface area (Å²) < 4.78 is 0. The standard InChI is InChI=1S/C10H22N2O.ClH/c1-7-5-11-6-8(7)12-9(13)10(2,3)4;/h7-9,11-13H,5-6H2,1-4H3;1H. The first-order valence-corrected chi connectivity index (χ1v) is 5.06. The van der Waals surface area contributed by atoms with Crippen molar-refractivity contribution >= 4 is 12.4 Å². The maximum Gasteiger partial charge on any atom is 0.110 e. The van der Waals surface area contributed by atoms with Gasteiger partial charge < -0.3 is 10.4 Å². The van der Waals surface area contributed by atoms with Gasteiger partial charge in [-0.1, -0.05) is 27.7 Å². The summed E-state index contributed by atoms with van der Waals surface area (Å²) in [6.45, 7) is 10.3. The molecule has 0 amide bonds. The van der Waals surface area contributed by atoms with Crippen molar-refractivity contribution in [3.63, 3.8) is 0 Å². The summed E-state index contributed by atoms with van der Waals surface area (Å²) in [6, 6.07) is 0.411. The van der Waals surface area contributed by atoms with E-state index >= 15 is 0 Å². The Bertz CT molecular complexity index is 170. The lowest BCUT2D eigenvalue weighted by Gasteiger charge is -2.30. The van der Waals surface area contributed by atoms with Gasteiger partial charge in [0.25, 0.3) is 0 Å². The van der Waals surface area contributed by atoms with E-state index in [-0.39, 0.29) is 17.8 Å². The molecule has 0 bridgehead atoms. The van der Waals surface area contributed by atoms with Gasteiger partial charge in [-0.25, -0.2) is 0 Å². The Morgan fingerprint density at radius 3 is 2.29 bits per heavy atom. The van der Waals surface area contributed by atoms with E-state index in [4.69, 9.17) is 0 Å². The molecule has 1 aliphatic rings. The van der Waals surface area contributed by atoms with Gasteiger partial charge in [-0.3, -0.25) is 5.32 Å². The van der Waals surface area contributed by atoms with E-state index in [1.54, 1.807) is 0 Å². The molecule has 0 spiro atoms. The number of aliphatic hydroxyl groups excluding tert-OH is 1. The molecule has 4 heteroatoms. The molecule has 1 fully saturated rings. The fraction of sp³-hybridized carbons (Fsp3) is 1.00. The number of hydrogen-bond donors (Lipinski definition) is 3. The molecular weight excluding hydrogens is 200 g/mol. The summed E-state index contributed by atoms with van der Waals surface area (Å²) in [5, 5.41) is 16.4. The van der Waals surface area contributed by atoms with Crippen molar-refractivity contribution in [2.45, 2.75) is 40.0 Å². The molecule has 0 radical (unpaired) electrons. The van der Waals surface area contributed by atoms with Gasteiger partial charge in [-0.05, 0) is 12.5 Å². The number of hydrogen-bond acceptors (Lipinski definition) is 3.